The summed E-state index contributed by atoms with van der Waals surface area (Å²) in [6.45, 7) is 8.35. The lowest BCUT2D eigenvalue weighted by atomic mass is 10.0. The van der Waals surface area contributed by atoms with Gasteiger partial charge in [-0.05, 0) is 27.2 Å². The Morgan fingerprint density at radius 3 is 2.26 bits per heavy atom. The highest BCUT2D eigenvalue weighted by Crippen LogP contribution is 2.16. The van der Waals surface area contributed by atoms with E-state index in [0.29, 0.717) is 12.5 Å². The lowest BCUT2D eigenvalue weighted by Gasteiger charge is -2.25. The monoisotopic (exact) mass is 286 g/mol. The van der Waals surface area contributed by atoms with Crippen molar-refractivity contribution in [2.75, 3.05) is 11.9 Å². The minimum atomic E-state index is -3.57. The molecule has 7 heteroatoms. The Labute approximate surface area is 115 Å². The molecule has 0 bridgehead atoms. The van der Waals surface area contributed by atoms with Crippen LogP contribution in [-0.4, -0.2) is 30.5 Å². The second-order valence-electron chi connectivity index (χ2n) is 5.01. The van der Waals surface area contributed by atoms with Gasteiger partial charge >= 0.3 is 0 Å². The van der Waals surface area contributed by atoms with Crippen LogP contribution in [-0.2, 0) is 10.0 Å². The summed E-state index contributed by atoms with van der Waals surface area (Å²) in [6, 6.07) is 0. The fraction of sp³-hybridized carbons (Fsp3) is 0.667. The van der Waals surface area contributed by atoms with E-state index >= 15 is 0 Å². The first-order chi connectivity index (χ1) is 8.80. The van der Waals surface area contributed by atoms with E-state index in [1.165, 1.54) is 12.4 Å². The van der Waals surface area contributed by atoms with Crippen LogP contribution < -0.4 is 10.0 Å². The molecule has 0 aromatic carbocycles. The lowest BCUT2D eigenvalue weighted by molar-refractivity contribution is 0.417. The fourth-order valence-corrected chi connectivity index (χ4v) is 3.13. The van der Waals surface area contributed by atoms with Crippen LogP contribution in [0.1, 0.15) is 40.5 Å². The summed E-state index contributed by atoms with van der Waals surface area (Å²) in [4.78, 5) is 8.02. The van der Waals surface area contributed by atoms with E-state index < -0.39 is 15.6 Å². The molecule has 0 spiro atoms. The third-order valence-corrected chi connectivity index (χ3v) is 4.21. The zero-order chi connectivity index (χ0) is 14.5. The molecule has 108 valence electrons. The van der Waals surface area contributed by atoms with Gasteiger partial charge in [0.2, 0.25) is 16.0 Å². The minimum absolute atomic E-state index is 0.0818. The van der Waals surface area contributed by atoms with E-state index in [9.17, 15) is 8.42 Å². The normalized spacial score (nSPS) is 12.4. The van der Waals surface area contributed by atoms with Gasteiger partial charge in [0.1, 0.15) is 4.90 Å². The summed E-state index contributed by atoms with van der Waals surface area (Å²) in [5.41, 5.74) is -0.478. The SMILES string of the molecule is CCCC(C)(C)NS(=O)(=O)c1cnc(NCC)nc1. The van der Waals surface area contributed by atoms with Gasteiger partial charge < -0.3 is 5.32 Å². The van der Waals surface area contributed by atoms with Crippen LogP contribution in [0, 0.1) is 0 Å². The van der Waals surface area contributed by atoms with Crippen LogP contribution in [0.5, 0.6) is 0 Å². The third-order valence-electron chi connectivity index (χ3n) is 2.56. The van der Waals surface area contributed by atoms with Crippen LogP contribution in [0.3, 0.4) is 0 Å². The first-order valence-electron chi connectivity index (χ1n) is 6.40. The van der Waals surface area contributed by atoms with Crippen LogP contribution >= 0.6 is 0 Å². The number of nitrogens with one attached hydrogen (secondary N) is 2. The number of hydrogen-bond donors (Lipinski definition) is 2. The summed E-state index contributed by atoms with van der Waals surface area (Å²) in [5, 5.41) is 2.92. The Morgan fingerprint density at radius 2 is 1.79 bits per heavy atom. The molecule has 1 aromatic heterocycles. The highest BCUT2D eigenvalue weighted by atomic mass is 32.2. The molecule has 0 saturated heterocycles. The maximum Gasteiger partial charge on any atom is 0.244 e. The summed E-state index contributed by atoms with van der Waals surface area (Å²) in [7, 11) is -3.57. The van der Waals surface area contributed by atoms with E-state index in [-0.39, 0.29) is 4.90 Å². The number of rotatable bonds is 7. The van der Waals surface area contributed by atoms with Gasteiger partial charge in [0.05, 0.1) is 12.4 Å². The molecule has 0 aliphatic heterocycles. The van der Waals surface area contributed by atoms with Crippen molar-refractivity contribution in [2.45, 2.75) is 51.0 Å². The second-order valence-corrected chi connectivity index (χ2v) is 6.69. The van der Waals surface area contributed by atoms with Gasteiger partial charge in [-0.15, -0.1) is 0 Å². The van der Waals surface area contributed by atoms with Gasteiger partial charge in [0, 0.05) is 12.1 Å². The smallest absolute Gasteiger partial charge is 0.244 e. The topological polar surface area (TPSA) is 84.0 Å². The van der Waals surface area contributed by atoms with E-state index in [2.05, 4.69) is 20.0 Å². The molecule has 0 radical (unpaired) electrons. The molecule has 19 heavy (non-hydrogen) atoms. The molecule has 2 N–H and O–H groups in total. The first kappa shape index (κ1) is 15.8. The van der Waals surface area contributed by atoms with Crippen molar-refractivity contribution in [2.24, 2.45) is 0 Å². The molecule has 1 rings (SSSR count). The highest BCUT2D eigenvalue weighted by Gasteiger charge is 2.25. The molecule has 1 heterocycles. The Bertz CT molecular complexity index is 497. The number of sulfonamides is 1. The van der Waals surface area contributed by atoms with Gasteiger partial charge in [-0.3, -0.25) is 0 Å². The number of anilines is 1. The van der Waals surface area contributed by atoms with Gasteiger partial charge in [-0.2, -0.15) is 0 Å². The molecule has 0 aliphatic rings. The van der Waals surface area contributed by atoms with Gasteiger partial charge in [-0.1, -0.05) is 13.3 Å². The van der Waals surface area contributed by atoms with E-state index in [1.54, 1.807) is 0 Å². The standard InChI is InChI=1S/C12H22N4O2S/c1-5-7-12(3,4)16-19(17,18)10-8-14-11(13-6-2)15-9-10/h8-9,16H,5-7H2,1-4H3,(H,13,14,15). The van der Waals surface area contributed by atoms with Crippen molar-refractivity contribution in [1.82, 2.24) is 14.7 Å². The average molecular weight is 286 g/mol. The van der Waals surface area contributed by atoms with E-state index in [0.717, 1.165) is 12.8 Å². The van der Waals surface area contributed by atoms with Gasteiger partial charge in [0.15, 0.2) is 0 Å². The van der Waals surface area contributed by atoms with Gasteiger partial charge in [0.25, 0.3) is 0 Å². The van der Waals surface area contributed by atoms with E-state index in [1.807, 2.05) is 27.7 Å². The molecule has 0 unspecified atom stereocenters. The quantitative estimate of drug-likeness (QED) is 0.798. The Morgan fingerprint density at radius 1 is 1.21 bits per heavy atom. The summed E-state index contributed by atoms with van der Waals surface area (Å²) in [5.74, 6) is 0.425. The second kappa shape index (κ2) is 6.29. The zero-order valence-electron chi connectivity index (χ0n) is 11.9. The van der Waals surface area contributed by atoms with Crippen molar-refractivity contribution < 1.29 is 8.42 Å². The Hall–Kier alpha value is -1.21. The highest BCUT2D eigenvalue weighted by molar-refractivity contribution is 7.89. The molecule has 0 amide bonds. The summed E-state index contributed by atoms with van der Waals surface area (Å²) in [6.07, 6.45) is 4.30. The van der Waals surface area contributed by atoms with Crippen molar-refractivity contribution >= 4 is 16.0 Å². The maximum absolute atomic E-state index is 12.2. The van der Waals surface area contributed by atoms with Crippen molar-refractivity contribution in [1.29, 1.82) is 0 Å². The van der Waals surface area contributed by atoms with Crippen LogP contribution in [0.25, 0.3) is 0 Å². The zero-order valence-corrected chi connectivity index (χ0v) is 12.7. The molecular weight excluding hydrogens is 264 g/mol. The Balaban J connectivity index is 2.88. The molecular formula is C12H22N4O2S. The first-order valence-corrected chi connectivity index (χ1v) is 7.89. The average Bonchev–Trinajstić information content (AvgIpc) is 2.28. The Kier molecular flexibility index (Phi) is 5.25. The van der Waals surface area contributed by atoms with Crippen molar-refractivity contribution in [3.05, 3.63) is 12.4 Å². The number of aromatic nitrogens is 2. The van der Waals surface area contributed by atoms with Crippen LogP contribution in [0.15, 0.2) is 17.3 Å². The number of nitrogens with zero attached hydrogens (tertiary/aromatic N) is 2. The fourth-order valence-electron chi connectivity index (χ4n) is 1.80. The summed E-state index contributed by atoms with van der Waals surface area (Å²) >= 11 is 0. The van der Waals surface area contributed by atoms with Crippen molar-refractivity contribution in [3.63, 3.8) is 0 Å². The molecule has 0 fully saturated rings. The van der Waals surface area contributed by atoms with E-state index in [4.69, 9.17) is 0 Å². The maximum atomic E-state index is 12.2. The molecule has 0 saturated carbocycles. The number of hydrogen-bond acceptors (Lipinski definition) is 5. The van der Waals surface area contributed by atoms with Gasteiger partial charge in [-0.25, -0.2) is 23.1 Å². The van der Waals surface area contributed by atoms with Crippen molar-refractivity contribution in [3.8, 4) is 0 Å². The molecule has 1 aromatic rings. The third kappa shape index (κ3) is 4.76. The van der Waals surface area contributed by atoms with Crippen LogP contribution in [0.2, 0.25) is 0 Å². The predicted molar refractivity (Wildman–Crippen MR) is 75.5 cm³/mol. The summed E-state index contributed by atoms with van der Waals surface area (Å²) < 4.78 is 27.0. The molecule has 6 nitrogen and oxygen atoms in total. The van der Waals surface area contributed by atoms with Crippen LogP contribution in [0.4, 0.5) is 5.95 Å². The largest absolute Gasteiger partial charge is 0.355 e. The lowest BCUT2D eigenvalue weighted by Crippen LogP contribution is -2.43. The molecule has 0 aliphatic carbocycles. The molecule has 0 atom stereocenters. The predicted octanol–water partition coefficient (Wildman–Crippen LogP) is 1.77. The minimum Gasteiger partial charge on any atom is -0.355 e.